The van der Waals surface area contributed by atoms with Crippen molar-refractivity contribution in [2.75, 3.05) is 5.32 Å². The molecule has 0 spiro atoms. The molecule has 2 aromatic heterocycles. The lowest BCUT2D eigenvalue weighted by molar-refractivity contribution is 1.58. The predicted molar refractivity (Wildman–Crippen MR) is 173 cm³/mol. The normalized spacial score (nSPS) is 11.6. The molecule has 0 aliphatic rings. The van der Waals surface area contributed by atoms with Gasteiger partial charge in [-0.3, -0.25) is 0 Å². The molecule has 0 saturated heterocycles. The first-order chi connectivity index (χ1) is 19.3. The molecule has 8 aromatic rings. The zero-order valence-corrected chi connectivity index (χ0v) is 22.7. The van der Waals surface area contributed by atoms with Gasteiger partial charge in [-0.25, -0.2) is 0 Å². The zero-order valence-electron chi connectivity index (χ0n) is 21.0. The molecule has 3 heteroatoms. The molecule has 0 aliphatic carbocycles. The zero-order chi connectivity index (χ0) is 25.8. The summed E-state index contributed by atoms with van der Waals surface area (Å²) < 4.78 is 5.31. The molecular weight excluding hydrogens is 511 g/mol. The van der Waals surface area contributed by atoms with E-state index in [-0.39, 0.29) is 0 Å². The summed E-state index contributed by atoms with van der Waals surface area (Å²) >= 11 is 3.75. The minimum Gasteiger partial charge on any atom is -0.354 e. The van der Waals surface area contributed by atoms with Crippen LogP contribution in [0, 0.1) is 0 Å². The fourth-order valence-corrected chi connectivity index (χ4v) is 8.17. The van der Waals surface area contributed by atoms with Gasteiger partial charge >= 0.3 is 0 Å². The summed E-state index contributed by atoms with van der Waals surface area (Å²) in [5.74, 6) is 0. The molecule has 1 nitrogen and oxygen atoms in total. The van der Waals surface area contributed by atoms with Crippen LogP contribution in [-0.4, -0.2) is 0 Å². The van der Waals surface area contributed by atoms with Crippen molar-refractivity contribution in [2.24, 2.45) is 0 Å². The Morgan fingerprint density at radius 1 is 0.385 bits per heavy atom. The molecule has 0 unspecified atom stereocenters. The maximum Gasteiger partial charge on any atom is 0.0590 e. The third kappa shape index (κ3) is 3.74. The van der Waals surface area contributed by atoms with Gasteiger partial charge in [-0.1, -0.05) is 109 Å². The van der Waals surface area contributed by atoms with Crippen molar-refractivity contribution in [3.05, 3.63) is 133 Å². The Balaban J connectivity index is 1.17. The Morgan fingerprint density at radius 2 is 0.949 bits per heavy atom. The van der Waals surface area contributed by atoms with Gasteiger partial charge in [0, 0.05) is 41.3 Å². The molecule has 2 heterocycles. The fraction of sp³-hybridized carbons (Fsp3) is 0. The summed E-state index contributed by atoms with van der Waals surface area (Å²) in [5, 5.41) is 9.00. The highest BCUT2D eigenvalue weighted by molar-refractivity contribution is 7.27. The van der Waals surface area contributed by atoms with E-state index in [1.165, 1.54) is 62.6 Å². The van der Waals surface area contributed by atoms with Crippen LogP contribution in [-0.2, 0) is 0 Å². The average Bonchev–Trinajstić information content (AvgIpc) is 3.57. The Morgan fingerprint density at radius 3 is 1.72 bits per heavy atom. The number of hydrogen-bond acceptors (Lipinski definition) is 3. The molecule has 0 fully saturated rings. The van der Waals surface area contributed by atoms with Crippen molar-refractivity contribution < 1.29 is 0 Å². The summed E-state index contributed by atoms with van der Waals surface area (Å²) in [6.07, 6.45) is 0. The van der Waals surface area contributed by atoms with Crippen LogP contribution in [0.3, 0.4) is 0 Å². The number of hydrogen-bond donors (Lipinski definition) is 1. The molecule has 184 valence electrons. The average molecular weight is 534 g/mol. The minimum atomic E-state index is 1.09. The third-order valence-electron chi connectivity index (χ3n) is 7.49. The van der Waals surface area contributed by atoms with Crippen molar-refractivity contribution >= 4 is 74.4 Å². The van der Waals surface area contributed by atoms with Crippen molar-refractivity contribution in [1.82, 2.24) is 0 Å². The molecule has 8 rings (SSSR count). The molecule has 0 aliphatic heterocycles. The standard InChI is InChI=1S/C36H23NS2/c1-2-9-23(10-3-1)26-12-7-15-30-31-16-8-17-32(36(31)39-35(26)30)37-25-21-19-24(20-22-25)27-13-6-14-29-28-11-4-5-18-33(28)38-34(27)29/h1-22,37H. The second kappa shape index (κ2) is 9.09. The highest BCUT2D eigenvalue weighted by Gasteiger charge is 2.14. The van der Waals surface area contributed by atoms with Crippen molar-refractivity contribution in [2.45, 2.75) is 0 Å². The highest BCUT2D eigenvalue weighted by Crippen LogP contribution is 2.44. The summed E-state index contributed by atoms with van der Waals surface area (Å²) in [6.45, 7) is 0. The van der Waals surface area contributed by atoms with E-state index in [1.54, 1.807) is 0 Å². The first kappa shape index (κ1) is 22.5. The van der Waals surface area contributed by atoms with E-state index < -0.39 is 0 Å². The van der Waals surface area contributed by atoms with E-state index in [2.05, 4.69) is 139 Å². The van der Waals surface area contributed by atoms with E-state index in [0.717, 1.165) is 11.4 Å². The van der Waals surface area contributed by atoms with Gasteiger partial charge in [-0.15, -0.1) is 22.7 Å². The van der Waals surface area contributed by atoms with E-state index in [1.807, 2.05) is 22.7 Å². The molecule has 0 bridgehead atoms. The first-order valence-electron chi connectivity index (χ1n) is 13.1. The number of fused-ring (bicyclic) bond motifs is 6. The van der Waals surface area contributed by atoms with E-state index in [4.69, 9.17) is 0 Å². The smallest absolute Gasteiger partial charge is 0.0590 e. The SMILES string of the molecule is c1ccc(-c2cccc3c2sc2c(Nc4ccc(-c5cccc6c5sc5ccccc56)cc4)cccc23)cc1. The van der Waals surface area contributed by atoms with Crippen LogP contribution in [0.15, 0.2) is 133 Å². The van der Waals surface area contributed by atoms with Crippen LogP contribution < -0.4 is 5.32 Å². The van der Waals surface area contributed by atoms with Crippen LogP contribution in [0.4, 0.5) is 11.4 Å². The van der Waals surface area contributed by atoms with Gasteiger partial charge in [0.2, 0.25) is 0 Å². The van der Waals surface area contributed by atoms with Crippen molar-refractivity contribution in [3.8, 4) is 22.3 Å². The molecule has 0 amide bonds. The molecular formula is C36H23NS2. The Bertz CT molecular complexity index is 2130. The summed E-state index contributed by atoms with van der Waals surface area (Å²) in [6, 6.07) is 48.1. The van der Waals surface area contributed by atoms with Crippen LogP contribution >= 0.6 is 22.7 Å². The third-order valence-corrected chi connectivity index (χ3v) is 10.00. The number of rotatable bonds is 4. The van der Waals surface area contributed by atoms with E-state index >= 15 is 0 Å². The number of thiophene rings is 2. The lowest BCUT2D eigenvalue weighted by atomic mass is 10.0. The number of nitrogens with one attached hydrogen (secondary N) is 1. The number of anilines is 2. The monoisotopic (exact) mass is 533 g/mol. The van der Waals surface area contributed by atoms with Crippen LogP contribution in [0.5, 0.6) is 0 Å². The summed E-state index contributed by atoms with van der Waals surface area (Å²) in [5.41, 5.74) is 7.32. The van der Waals surface area contributed by atoms with Gasteiger partial charge in [0.25, 0.3) is 0 Å². The maximum absolute atomic E-state index is 3.72. The van der Waals surface area contributed by atoms with Crippen LogP contribution in [0.1, 0.15) is 0 Å². The largest absolute Gasteiger partial charge is 0.354 e. The quantitative estimate of drug-likeness (QED) is 0.237. The van der Waals surface area contributed by atoms with Crippen LogP contribution in [0.2, 0.25) is 0 Å². The summed E-state index contributed by atoms with van der Waals surface area (Å²) in [4.78, 5) is 0. The molecule has 0 atom stereocenters. The van der Waals surface area contributed by atoms with Crippen molar-refractivity contribution in [1.29, 1.82) is 0 Å². The predicted octanol–water partition coefficient (Wildman–Crippen LogP) is 11.5. The summed E-state index contributed by atoms with van der Waals surface area (Å²) in [7, 11) is 0. The Labute approximate surface area is 234 Å². The topological polar surface area (TPSA) is 12.0 Å². The fourth-order valence-electron chi connectivity index (χ4n) is 5.63. The lowest BCUT2D eigenvalue weighted by Gasteiger charge is -2.09. The molecule has 6 aromatic carbocycles. The van der Waals surface area contributed by atoms with E-state index in [9.17, 15) is 0 Å². The van der Waals surface area contributed by atoms with Crippen LogP contribution in [0.25, 0.3) is 62.6 Å². The van der Waals surface area contributed by atoms with Gasteiger partial charge in [0.05, 0.1) is 10.4 Å². The minimum absolute atomic E-state index is 1.09. The second-order valence-corrected chi connectivity index (χ2v) is 11.9. The number of benzene rings is 6. The molecule has 0 radical (unpaired) electrons. The first-order valence-corrected chi connectivity index (χ1v) is 14.7. The van der Waals surface area contributed by atoms with Gasteiger partial charge in [0.1, 0.15) is 0 Å². The van der Waals surface area contributed by atoms with Crippen molar-refractivity contribution in [3.63, 3.8) is 0 Å². The molecule has 1 N–H and O–H groups in total. The van der Waals surface area contributed by atoms with Gasteiger partial charge in [0.15, 0.2) is 0 Å². The Kier molecular flexibility index (Phi) is 5.25. The van der Waals surface area contributed by atoms with E-state index in [0.29, 0.717) is 0 Å². The lowest BCUT2D eigenvalue weighted by Crippen LogP contribution is -1.90. The second-order valence-electron chi connectivity index (χ2n) is 9.82. The van der Waals surface area contributed by atoms with Gasteiger partial charge in [-0.05, 0) is 46.5 Å². The highest BCUT2D eigenvalue weighted by atomic mass is 32.1. The molecule has 39 heavy (non-hydrogen) atoms. The molecule has 0 saturated carbocycles. The van der Waals surface area contributed by atoms with Gasteiger partial charge in [-0.2, -0.15) is 0 Å². The van der Waals surface area contributed by atoms with Gasteiger partial charge < -0.3 is 5.32 Å². The Hall–Kier alpha value is -4.44. The maximum atomic E-state index is 3.72.